The maximum absolute atomic E-state index is 12.6. The summed E-state index contributed by atoms with van der Waals surface area (Å²) in [6.45, 7) is 2.67. The molecule has 152 valence electrons. The number of nitriles is 1. The van der Waals surface area contributed by atoms with E-state index in [0.29, 0.717) is 10.5 Å². The van der Waals surface area contributed by atoms with Crippen LogP contribution in [-0.2, 0) is 17.5 Å². The summed E-state index contributed by atoms with van der Waals surface area (Å²) in [5.74, 6) is 0. The number of rotatable bonds is 6. The molecule has 1 N–H and O–H groups in total. The van der Waals surface area contributed by atoms with Crippen LogP contribution in [0, 0.1) is 11.3 Å². The molecule has 0 saturated carbocycles. The SMILES string of the molecule is N#Cc1cccc(S(=O)NC2CCN(Cc3ccc(-c4cccc(Cl)c4)cc3)C2)c1. The lowest BCUT2D eigenvalue weighted by Gasteiger charge is -2.17. The molecular formula is C24H22ClN3OS. The predicted molar refractivity (Wildman–Crippen MR) is 121 cm³/mol. The van der Waals surface area contributed by atoms with Crippen molar-refractivity contribution < 1.29 is 4.21 Å². The molecule has 0 spiro atoms. The molecule has 3 aromatic rings. The Morgan fingerprint density at radius 1 is 1.07 bits per heavy atom. The van der Waals surface area contributed by atoms with Crippen LogP contribution in [0.1, 0.15) is 17.5 Å². The first-order chi connectivity index (χ1) is 14.6. The monoisotopic (exact) mass is 435 g/mol. The second-order valence-corrected chi connectivity index (χ2v) is 9.14. The lowest BCUT2D eigenvalue weighted by atomic mass is 10.0. The van der Waals surface area contributed by atoms with Crippen molar-refractivity contribution >= 4 is 22.6 Å². The zero-order valence-corrected chi connectivity index (χ0v) is 18.0. The minimum Gasteiger partial charge on any atom is -0.297 e. The van der Waals surface area contributed by atoms with Gasteiger partial charge in [0.05, 0.1) is 16.5 Å². The normalized spacial score (nSPS) is 17.5. The van der Waals surface area contributed by atoms with Gasteiger partial charge in [-0.15, -0.1) is 0 Å². The van der Waals surface area contributed by atoms with Crippen LogP contribution >= 0.6 is 11.6 Å². The minimum absolute atomic E-state index is 0.169. The third-order valence-corrected chi connectivity index (χ3v) is 6.71. The van der Waals surface area contributed by atoms with Gasteiger partial charge in [-0.1, -0.05) is 54.1 Å². The number of nitrogens with zero attached hydrogens (tertiary/aromatic N) is 2. The first-order valence-corrected chi connectivity index (χ1v) is 11.4. The maximum atomic E-state index is 12.6. The summed E-state index contributed by atoms with van der Waals surface area (Å²) < 4.78 is 15.8. The van der Waals surface area contributed by atoms with E-state index in [9.17, 15) is 4.21 Å². The molecule has 1 heterocycles. The van der Waals surface area contributed by atoms with E-state index in [-0.39, 0.29) is 6.04 Å². The maximum Gasteiger partial charge on any atom is 0.125 e. The molecule has 0 aliphatic carbocycles. The van der Waals surface area contributed by atoms with E-state index in [1.54, 1.807) is 24.3 Å². The first kappa shape index (κ1) is 20.8. The highest BCUT2D eigenvalue weighted by Gasteiger charge is 2.24. The van der Waals surface area contributed by atoms with E-state index >= 15 is 0 Å². The highest BCUT2D eigenvalue weighted by Crippen LogP contribution is 2.24. The van der Waals surface area contributed by atoms with Crippen LogP contribution in [0.4, 0.5) is 0 Å². The van der Waals surface area contributed by atoms with Gasteiger partial charge in [0.15, 0.2) is 0 Å². The topological polar surface area (TPSA) is 56.1 Å². The van der Waals surface area contributed by atoms with Crippen molar-refractivity contribution in [1.82, 2.24) is 9.62 Å². The highest BCUT2D eigenvalue weighted by molar-refractivity contribution is 7.83. The Morgan fingerprint density at radius 2 is 1.87 bits per heavy atom. The average Bonchev–Trinajstić information content (AvgIpc) is 3.21. The molecule has 0 bridgehead atoms. The van der Waals surface area contributed by atoms with Gasteiger partial charge in [-0.25, -0.2) is 8.93 Å². The van der Waals surface area contributed by atoms with Crippen LogP contribution in [0.5, 0.6) is 0 Å². The zero-order valence-electron chi connectivity index (χ0n) is 16.4. The number of benzene rings is 3. The fraction of sp³-hybridized carbons (Fsp3) is 0.208. The van der Waals surface area contributed by atoms with Crippen molar-refractivity contribution in [3.63, 3.8) is 0 Å². The van der Waals surface area contributed by atoms with Crippen LogP contribution in [-0.4, -0.2) is 28.2 Å². The third-order valence-electron chi connectivity index (χ3n) is 5.24. The molecular weight excluding hydrogens is 414 g/mol. The Balaban J connectivity index is 1.32. The molecule has 3 aromatic carbocycles. The second-order valence-electron chi connectivity index (χ2n) is 7.45. The second kappa shape index (κ2) is 9.55. The van der Waals surface area contributed by atoms with Gasteiger partial charge in [0.2, 0.25) is 0 Å². The Labute approximate surface area is 184 Å². The van der Waals surface area contributed by atoms with Crippen molar-refractivity contribution in [2.75, 3.05) is 13.1 Å². The lowest BCUT2D eigenvalue weighted by Crippen LogP contribution is -2.33. The molecule has 1 aliphatic heterocycles. The van der Waals surface area contributed by atoms with Gasteiger partial charge < -0.3 is 0 Å². The van der Waals surface area contributed by atoms with Crippen molar-refractivity contribution in [2.24, 2.45) is 0 Å². The van der Waals surface area contributed by atoms with Crippen LogP contribution in [0.25, 0.3) is 11.1 Å². The quantitative estimate of drug-likeness (QED) is 0.607. The summed E-state index contributed by atoms with van der Waals surface area (Å²) >= 11 is 6.09. The number of hydrogen-bond acceptors (Lipinski definition) is 3. The molecule has 6 heteroatoms. The largest absolute Gasteiger partial charge is 0.297 e. The van der Waals surface area contributed by atoms with Crippen molar-refractivity contribution in [1.29, 1.82) is 5.26 Å². The zero-order chi connectivity index (χ0) is 20.9. The predicted octanol–water partition coefficient (Wildman–Crippen LogP) is 4.77. The van der Waals surface area contributed by atoms with Gasteiger partial charge in [0.1, 0.15) is 11.0 Å². The van der Waals surface area contributed by atoms with Crippen LogP contribution in [0.15, 0.2) is 77.7 Å². The summed E-state index contributed by atoms with van der Waals surface area (Å²) in [4.78, 5) is 3.01. The van der Waals surface area contributed by atoms with Crippen molar-refractivity contribution in [3.05, 3.63) is 88.9 Å². The van der Waals surface area contributed by atoms with Gasteiger partial charge in [0, 0.05) is 30.7 Å². The number of halogens is 1. The van der Waals surface area contributed by atoms with Crippen molar-refractivity contribution in [2.45, 2.75) is 23.9 Å². The molecule has 1 aliphatic rings. The molecule has 30 heavy (non-hydrogen) atoms. The minimum atomic E-state index is -1.31. The summed E-state index contributed by atoms with van der Waals surface area (Å²) in [7, 11) is -1.31. The van der Waals surface area contributed by atoms with E-state index in [1.165, 1.54) is 5.56 Å². The number of nitrogens with one attached hydrogen (secondary N) is 1. The Kier molecular flexibility index (Phi) is 6.61. The first-order valence-electron chi connectivity index (χ1n) is 9.86. The third kappa shape index (κ3) is 5.16. The molecule has 2 unspecified atom stereocenters. The van der Waals surface area contributed by atoms with Crippen molar-refractivity contribution in [3.8, 4) is 17.2 Å². The highest BCUT2D eigenvalue weighted by atomic mass is 35.5. The number of likely N-dealkylation sites (tertiary alicyclic amines) is 1. The molecule has 1 fully saturated rings. The van der Waals surface area contributed by atoms with E-state index < -0.39 is 11.0 Å². The van der Waals surface area contributed by atoms with E-state index in [2.05, 4.69) is 46.0 Å². The molecule has 1 saturated heterocycles. The fourth-order valence-electron chi connectivity index (χ4n) is 3.70. The van der Waals surface area contributed by atoms with Crippen LogP contribution in [0.3, 0.4) is 0 Å². The van der Waals surface area contributed by atoms with E-state index in [1.807, 2.05) is 18.2 Å². The van der Waals surface area contributed by atoms with Gasteiger partial charge in [-0.3, -0.25) is 4.90 Å². The average molecular weight is 436 g/mol. The summed E-state index contributed by atoms with van der Waals surface area (Å²) in [5.41, 5.74) is 4.04. The molecule has 4 nitrogen and oxygen atoms in total. The smallest absolute Gasteiger partial charge is 0.125 e. The van der Waals surface area contributed by atoms with Gasteiger partial charge >= 0.3 is 0 Å². The number of hydrogen-bond donors (Lipinski definition) is 1. The van der Waals surface area contributed by atoms with E-state index in [0.717, 1.165) is 42.2 Å². The van der Waals surface area contributed by atoms with Crippen LogP contribution < -0.4 is 4.72 Å². The lowest BCUT2D eigenvalue weighted by molar-refractivity contribution is 0.325. The van der Waals surface area contributed by atoms with E-state index in [4.69, 9.17) is 16.9 Å². The fourth-order valence-corrected chi connectivity index (χ4v) is 4.96. The van der Waals surface area contributed by atoms with Gasteiger partial charge in [-0.05, 0) is 53.4 Å². The standard InChI is InChI=1S/C24H22ClN3OS/c25-22-5-2-4-21(14-22)20-9-7-18(8-10-20)16-28-12-11-23(17-28)27-30(29)24-6-1-3-19(13-24)15-26/h1-10,13-14,23,27H,11-12,16-17H2. The van der Waals surface area contributed by atoms with Crippen LogP contribution in [0.2, 0.25) is 5.02 Å². The Hall–Kier alpha value is -2.49. The van der Waals surface area contributed by atoms with Gasteiger partial charge in [-0.2, -0.15) is 5.26 Å². The molecule has 4 rings (SSSR count). The summed E-state index contributed by atoms with van der Waals surface area (Å²) in [5, 5.41) is 9.75. The summed E-state index contributed by atoms with van der Waals surface area (Å²) in [6.07, 6.45) is 0.949. The van der Waals surface area contributed by atoms with Gasteiger partial charge in [0.25, 0.3) is 0 Å². The molecule has 0 radical (unpaired) electrons. The summed E-state index contributed by atoms with van der Waals surface area (Å²) in [6, 6.07) is 25.7. The molecule has 2 atom stereocenters. The Bertz CT molecular complexity index is 1090. The molecule has 0 amide bonds. The Morgan fingerprint density at radius 3 is 2.63 bits per heavy atom. The molecule has 0 aromatic heterocycles.